The topological polar surface area (TPSA) is 72.2 Å². The molecule has 1 aliphatic heterocycles. The SMILES string of the molecule is NS(=O)(=O)c1ccc(NC2CCSCC2)c(Br)c1. The first kappa shape index (κ1) is 14.2. The first-order valence-corrected chi connectivity index (χ1v) is 9.13. The number of hydrogen-bond acceptors (Lipinski definition) is 4. The molecule has 100 valence electrons. The molecule has 2 rings (SSSR count). The summed E-state index contributed by atoms with van der Waals surface area (Å²) < 4.78 is 23.2. The molecule has 0 radical (unpaired) electrons. The third-order valence-corrected chi connectivity index (χ3v) is 5.47. The number of benzene rings is 1. The lowest BCUT2D eigenvalue weighted by atomic mass is 10.1. The number of hydrogen-bond donors (Lipinski definition) is 2. The van der Waals surface area contributed by atoms with E-state index in [2.05, 4.69) is 21.2 Å². The van der Waals surface area contributed by atoms with Gasteiger partial charge in [-0.15, -0.1) is 0 Å². The van der Waals surface area contributed by atoms with Crippen molar-refractivity contribution in [3.05, 3.63) is 22.7 Å². The number of anilines is 1. The molecule has 0 unspecified atom stereocenters. The van der Waals surface area contributed by atoms with Gasteiger partial charge in [-0.25, -0.2) is 13.6 Å². The van der Waals surface area contributed by atoms with Crippen molar-refractivity contribution in [2.75, 3.05) is 16.8 Å². The van der Waals surface area contributed by atoms with Crippen LogP contribution in [0.5, 0.6) is 0 Å². The molecule has 7 heteroatoms. The fraction of sp³-hybridized carbons (Fsp3) is 0.455. The van der Waals surface area contributed by atoms with Crippen LogP contribution in [0.2, 0.25) is 0 Å². The summed E-state index contributed by atoms with van der Waals surface area (Å²) >= 11 is 5.35. The number of sulfonamides is 1. The highest BCUT2D eigenvalue weighted by Crippen LogP contribution is 2.28. The summed E-state index contributed by atoms with van der Waals surface area (Å²) in [5.74, 6) is 2.34. The maximum absolute atomic E-state index is 11.2. The molecule has 18 heavy (non-hydrogen) atoms. The summed E-state index contributed by atoms with van der Waals surface area (Å²) in [6, 6.07) is 5.28. The summed E-state index contributed by atoms with van der Waals surface area (Å²) in [7, 11) is -3.64. The molecule has 0 aliphatic carbocycles. The highest BCUT2D eigenvalue weighted by Gasteiger charge is 2.15. The normalized spacial score (nSPS) is 17.7. The van der Waals surface area contributed by atoms with E-state index in [1.54, 1.807) is 6.07 Å². The molecular weight excluding hydrogens is 336 g/mol. The van der Waals surface area contributed by atoms with Crippen LogP contribution in [0.25, 0.3) is 0 Å². The zero-order valence-electron chi connectivity index (χ0n) is 9.73. The number of primary sulfonamides is 1. The largest absolute Gasteiger partial charge is 0.381 e. The Bertz CT molecular complexity index is 528. The zero-order chi connectivity index (χ0) is 13.2. The average Bonchev–Trinajstić information content (AvgIpc) is 2.32. The van der Waals surface area contributed by atoms with Crippen molar-refractivity contribution >= 4 is 43.4 Å². The van der Waals surface area contributed by atoms with Crippen LogP contribution in [0, 0.1) is 0 Å². The van der Waals surface area contributed by atoms with Gasteiger partial charge in [-0.05, 0) is 58.5 Å². The minimum atomic E-state index is -3.64. The van der Waals surface area contributed by atoms with Gasteiger partial charge in [0, 0.05) is 16.2 Å². The van der Waals surface area contributed by atoms with Crippen LogP contribution in [-0.2, 0) is 10.0 Å². The van der Waals surface area contributed by atoms with Gasteiger partial charge in [0.05, 0.1) is 4.90 Å². The van der Waals surface area contributed by atoms with E-state index in [0.717, 1.165) is 23.0 Å². The van der Waals surface area contributed by atoms with E-state index < -0.39 is 10.0 Å². The zero-order valence-corrected chi connectivity index (χ0v) is 12.9. The van der Waals surface area contributed by atoms with Crippen LogP contribution in [0.1, 0.15) is 12.8 Å². The molecule has 0 atom stereocenters. The third-order valence-electron chi connectivity index (χ3n) is 2.85. The molecule has 1 aromatic carbocycles. The number of nitrogens with one attached hydrogen (secondary N) is 1. The fourth-order valence-corrected chi connectivity index (χ4v) is 4.14. The molecule has 1 fully saturated rings. The van der Waals surface area contributed by atoms with Crippen LogP contribution < -0.4 is 10.5 Å². The van der Waals surface area contributed by atoms with Gasteiger partial charge >= 0.3 is 0 Å². The van der Waals surface area contributed by atoms with Crippen LogP contribution in [0.3, 0.4) is 0 Å². The Balaban J connectivity index is 2.14. The number of thioether (sulfide) groups is 1. The lowest BCUT2D eigenvalue weighted by molar-refractivity contribution is 0.597. The molecule has 1 heterocycles. The van der Waals surface area contributed by atoms with Crippen molar-refractivity contribution in [2.45, 2.75) is 23.8 Å². The molecule has 1 aromatic rings. The second-order valence-electron chi connectivity index (χ2n) is 4.22. The van der Waals surface area contributed by atoms with Gasteiger partial charge in [0.25, 0.3) is 0 Å². The van der Waals surface area contributed by atoms with Gasteiger partial charge in [-0.2, -0.15) is 11.8 Å². The predicted molar refractivity (Wildman–Crippen MR) is 79.5 cm³/mol. The van der Waals surface area contributed by atoms with E-state index in [1.807, 2.05) is 11.8 Å². The monoisotopic (exact) mass is 350 g/mol. The molecule has 0 spiro atoms. The molecule has 1 aliphatic rings. The summed E-state index contributed by atoms with van der Waals surface area (Å²) in [5, 5.41) is 8.52. The van der Waals surface area contributed by atoms with Crippen LogP contribution in [0.15, 0.2) is 27.6 Å². The Morgan fingerprint density at radius 2 is 2.00 bits per heavy atom. The minimum absolute atomic E-state index is 0.124. The smallest absolute Gasteiger partial charge is 0.238 e. The maximum atomic E-state index is 11.2. The number of halogens is 1. The summed E-state index contributed by atoms with van der Waals surface area (Å²) in [4.78, 5) is 0.124. The summed E-state index contributed by atoms with van der Waals surface area (Å²) in [6.45, 7) is 0. The Hall–Kier alpha value is -0.240. The molecular formula is C11H15BrN2O2S2. The molecule has 0 amide bonds. The lowest BCUT2D eigenvalue weighted by Gasteiger charge is -2.24. The number of rotatable bonds is 3. The van der Waals surface area contributed by atoms with Gasteiger partial charge < -0.3 is 5.32 Å². The van der Waals surface area contributed by atoms with Crippen LogP contribution >= 0.6 is 27.7 Å². The Labute approximate surface area is 120 Å². The molecule has 0 aromatic heterocycles. The van der Waals surface area contributed by atoms with Gasteiger partial charge in [0.1, 0.15) is 0 Å². The second-order valence-corrected chi connectivity index (χ2v) is 7.86. The van der Waals surface area contributed by atoms with E-state index in [4.69, 9.17) is 5.14 Å². The Kier molecular flexibility index (Phi) is 4.58. The fourth-order valence-electron chi connectivity index (χ4n) is 1.85. The van der Waals surface area contributed by atoms with Crippen molar-refractivity contribution in [1.82, 2.24) is 0 Å². The molecule has 0 saturated carbocycles. The Morgan fingerprint density at radius 1 is 1.33 bits per heavy atom. The van der Waals surface area contributed by atoms with E-state index in [1.165, 1.54) is 23.6 Å². The van der Waals surface area contributed by atoms with Crippen molar-refractivity contribution < 1.29 is 8.42 Å². The van der Waals surface area contributed by atoms with Crippen molar-refractivity contribution in [1.29, 1.82) is 0 Å². The lowest BCUT2D eigenvalue weighted by Crippen LogP contribution is -2.24. The third kappa shape index (κ3) is 3.63. The first-order valence-electron chi connectivity index (χ1n) is 5.63. The molecule has 4 nitrogen and oxygen atoms in total. The first-order chi connectivity index (χ1) is 8.47. The van der Waals surface area contributed by atoms with Crippen molar-refractivity contribution in [3.8, 4) is 0 Å². The standard InChI is InChI=1S/C11H15BrN2O2S2/c12-10-7-9(18(13,15)16)1-2-11(10)14-8-3-5-17-6-4-8/h1-2,7-8,14H,3-6H2,(H2,13,15,16). The van der Waals surface area contributed by atoms with Crippen LogP contribution in [0.4, 0.5) is 5.69 Å². The summed E-state index contributed by atoms with van der Waals surface area (Å²) in [5.41, 5.74) is 0.916. The molecule has 0 bridgehead atoms. The van der Waals surface area contributed by atoms with Gasteiger partial charge in [0.2, 0.25) is 10.0 Å². The van der Waals surface area contributed by atoms with E-state index >= 15 is 0 Å². The quantitative estimate of drug-likeness (QED) is 0.877. The molecule has 3 N–H and O–H groups in total. The highest BCUT2D eigenvalue weighted by molar-refractivity contribution is 9.10. The van der Waals surface area contributed by atoms with E-state index in [0.29, 0.717) is 6.04 Å². The number of nitrogens with two attached hydrogens (primary N) is 1. The predicted octanol–water partition coefficient (Wildman–Crippen LogP) is 2.40. The minimum Gasteiger partial charge on any atom is -0.381 e. The Morgan fingerprint density at radius 3 is 2.56 bits per heavy atom. The van der Waals surface area contributed by atoms with Crippen molar-refractivity contribution in [3.63, 3.8) is 0 Å². The average molecular weight is 351 g/mol. The van der Waals surface area contributed by atoms with Gasteiger partial charge in [0.15, 0.2) is 0 Å². The highest BCUT2D eigenvalue weighted by atomic mass is 79.9. The summed E-state index contributed by atoms with van der Waals surface area (Å²) in [6.07, 6.45) is 2.27. The van der Waals surface area contributed by atoms with Gasteiger partial charge in [-0.3, -0.25) is 0 Å². The van der Waals surface area contributed by atoms with E-state index in [9.17, 15) is 8.42 Å². The maximum Gasteiger partial charge on any atom is 0.238 e. The van der Waals surface area contributed by atoms with Crippen molar-refractivity contribution in [2.24, 2.45) is 5.14 Å². The van der Waals surface area contributed by atoms with Crippen LogP contribution in [-0.4, -0.2) is 26.0 Å². The van der Waals surface area contributed by atoms with Gasteiger partial charge in [-0.1, -0.05) is 0 Å². The molecule has 1 saturated heterocycles. The second kappa shape index (κ2) is 5.81. The van der Waals surface area contributed by atoms with E-state index in [-0.39, 0.29) is 4.90 Å².